The van der Waals surface area contributed by atoms with E-state index >= 15 is 0 Å². The van der Waals surface area contributed by atoms with Crippen LogP contribution < -0.4 is 0 Å². The summed E-state index contributed by atoms with van der Waals surface area (Å²) < 4.78 is 32.7. The second-order valence-electron chi connectivity index (χ2n) is 15.4. The molecule has 0 saturated heterocycles. The number of ether oxygens (including phenoxy) is 2. The SMILES string of the molecule is CC/C=C\C/C=C\C/C=C\C/C=C\CCCCC(=O)OC(COC(=O)CCCCCCCCCCC/C=C\CCCCCCCCCC)COP(=O)(O)OCC(O)CO. The van der Waals surface area contributed by atoms with Gasteiger partial charge in [0.25, 0.3) is 0 Å². The zero-order valence-corrected chi connectivity index (χ0v) is 38.1. The second kappa shape index (κ2) is 43.7. The fourth-order valence-corrected chi connectivity index (χ4v) is 6.89. The van der Waals surface area contributed by atoms with E-state index in [1.165, 1.54) is 96.3 Å². The minimum atomic E-state index is -4.63. The molecule has 11 heteroatoms. The fourth-order valence-electron chi connectivity index (χ4n) is 6.10. The molecule has 0 aromatic carbocycles. The summed E-state index contributed by atoms with van der Waals surface area (Å²) in [5.74, 6) is -0.976. The molecular formula is C48H85O10P. The van der Waals surface area contributed by atoms with Crippen molar-refractivity contribution in [2.24, 2.45) is 0 Å². The first-order valence-electron chi connectivity index (χ1n) is 23.2. The van der Waals surface area contributed by atoms with E-state index in [0.717, 1.165) is 57.8 Å². The highest BCUT2D eigenvalue weighted by Crippen LogP contribution is 2.43. The monoisotopic (exact) mass is 853 g/mol. The van der Waals surface area contributed by atoms with Crippen LogP contribution in [0.5, 0.6) is 0 Å². The lowest BCUT2D eigenvalue weighted by Gasteiger charge is -2.20. The van der Waals surface area contributed by atoms with Crippen molar-refractivity contribution in [3.8, 4) is 0 Å². The lowest BCUT2D eigenvalue weighted by Crippen LogP contribution is -2.29. The van der Waals surface area contributed by atoms with Crippen LogP contribution in [0, 0.1) is 0 Å². The molecule has 0 aromatic rings. The quantitative estimate of drug-likeness (QED) is 0.0234. The first kappa shape index (κ1) is 56.7. The molecule has 0 saturated carbocycles. The molecule has 0 spiro atoms. The van der Waals surface area contributed by atoms with E-state index in [0.29, 0.717) is 12.8 Å². The van der Waals surface area contributed by atoms with Gasteiger partial charge in [0.2, 0.25) is 0 Å². The van der Waals surface area contributed by atoms with Crippen LogP contribution in [0.4, 0.5) is 0 Å². The number of hydrogen-bond acceptors (Lipinski definition) is 9. The summed E-state index contributed by atoms with van der Waals surface area (Å²) in [5.41, 5.74) is 0. The molecule has 0 amide bonds. The molecule has 10 nitrogen and oxygen atoms in total. The Kier molecular flexibility index (Phi) is 42.0. The number of phosphoric ester groups is 1. The van der Waals surface area contributed by atoms with Crippen molar-refractivity contribution in [1.29, 1.82) is 0 Å². The van der Waals surface area contributed by atoms with Crippen LogP contribution in [-0.4, -0.2) is 65.7 Å². The van der Waals surface area contributed by atoms with Gasteiger partial charge in [0, 0.05) is 12.8 Å². The molecule has 0 aromatic heterocycles. The predicted molar refractivity (Wildman–Crippen MR) is 242 cm³/mol. The zero-order chi connectivity index (χ0) is 43.3. The van der Waals surface area contributed by atoms with Crippen LogP contribution in [0.2, 0.25) is 0 Å². The van der Waals surface area contributed by atoms with Crippen molar-refractivity contribution < 1.29 is 47.8 Å². The number of rotatable bonds is 43. The second-order valence-corrected chi connectivity index (χ2v) is 16.8. The first-order valence-corrected chi connectivity index (χ1v) is 24.7. The van der Waals surface area contributed by atoms with Crippen molar-refractivity contribution >= 4 is 19.8 Å². The number of aliphatic hydroxyl groups is 2. The maximum absolute atomic E-state index is 12.6. The summed E-state index contributed by atoms with van der Waals surface area (Å²) in [5, 5.41) is 18.3. The molecule has 0 rings (SSSR count). The topological polar surface area (TPSA) is 149 Å². The van der Waals surface area contributed by atoms with E-state index in [9.17, 15) is 24.2 Å². The number of phosphoric acid groups is 1. The van der Waals surface area contributed by atoms with Gasteiger partial charge < -0.3 is 24.6 Å². The number of unbranched alkanes of at least 4 members (excludes halogenated alkanes) is 19. The molecule has 3 unspecified atom stereocenters. The third-order valence-corrected chi connectivity index (χ3v) is 10.6. The summed E-state index contributed by atoms with van der Waals surface area (Å²) in [6.07, 6.45) is 49.1. The van der Waals surface area contributed by atoms with Gasteiger partial charge in [0.1, 0.15) is 12.7 Å². The molecule has 0 radical (unpaired) electrons. The smallest absolute Gasteiger partial charge is 0.462 e. The Bertz CT molecular complexity index is 1160. The van der Waals surface area contributed by atoms with E-state index in [2.05, 4.69) is 79.1 Å². The van der Waals surface area contributed by atoms with Crippen LogP contribution in [0.3, 0.4) is 0 Å². The largest absolute Gasteiger partial charge is 0.472 e. The molecule has 0 aliphatic carbocycles. The number of aliphatic hydroxyl groups excluding tert-OH is 2. The lowest BCUT2D eigenvalue weighted by atomic mass is 10.1. The number of hydrogen-bond donors (Lipinski definition) is 3. The highest BCUT2D eigenvalue weighted by atomic mass is 31.2. The van der Waals surface area contributed by atoms with Crippen molar-refractivity contribution in [2.45, 2.75) is 206 Å². The van der Waals surface area contributed by atoms with Crippen molar-refractivity contribution in [3.05, 3.63) is 60.8 Å². The van der Waals surface area contributed by atoms with Crippen LogP contribution in [-0.2, 0) is 32.7 Å². The molecule has 0 bridgehead atoms. The van der Waals surface area contributed by atoms with E-state index in [4.69, 9.17) is 19.1 Å². The van der Waals surface area contributed by atoms with Crippen molar-refractivity contribution in [1.82, 2.24) is 0 Å². The summed E-state index contributed by atoms with van der Waals surface area (Å²) in [4.78, 5) is 35.0. The van der Waals surface area contributed by atoms with Gasteiger partial charge in [0.05, 0.1) is 19.8 Å². The summed E-state index contributed by atoms with van der Waals surface area (Å²) in [6.45, 7) is 2.22. The lowest BCUT2D eigenvalue weighted by molar-refractivity contribution is -0.161. The first-order chi connectivity index (χ1) is 28.7. The van der Waals surface area contributed by atoms with Crippen molar-refractivity contribution in [2.75, 3.05) is 26.4 Å². The predicted octanol–water partition coefficient (Wildman–Crippen LogP) is 12.7. The Hall–Kier alpha value is -2.33. The third kappa shape index (κ3) is 43.6. The molecule has 342 valence electrons. The number of allylic oxidation sites excluding steroid dienone is 10. The summed E-state index contributed by atoms with van der Waals surface area (Å²) in [6, 6.07) is 0. The maximum Gasteiger partial charge on any atom is 0.472 e. The minimum absolute atomic E-state index is 0.130. The zero-order valence-electron chi connectivity index (χ0n) is 37.2. The van der Waals surface area contributed by atoms with Gasteiger partial charge >= 0.3 is 19.8 Å². The normalized spacial score (nSPS) is 14.3. The maximum atomic E-state index is 12.6. The van der Waals surface area contributed by atoms with Crippen molar-refractivity contribution in [3.63, 3.8) is 0 Å². The van der Waals surface area contributed by atoms with Gasteiger partial charge in [-0.05, 0) is 77.0 Å². The molecule has 0 heterocycles. The number of esters is 2. The van der Waals surface area contributed by atoms with Gasteiger partial charge in [-0.1, -0.05) is 164 Å². The molecule has 59 heavy (non-hydrogen) atoms. The molecule has 3 atom stereocenters. The van der Waals surface area contributed by atoms with E-state index < -0.39 is 51.8 Å². The third-order valence-electron chi connectivity index (χ3n) is 9.66. The van der Waals surface area contributed by atoms with Gasteiger partial charge in [-0.25, -0.2) is 4.57 Å². The van der Waals surface area contributed by atoms with E-state index in [-0.39, 0.29) is 19.4 Å². The Labute approximate surface area is 359 Å². The molecular weight excluding hydrogens is 767 g/mol. The number of carbonyl (C=O) groups is 2. The van der Waals surface area contributed by atoms with Crippen LogP contribution in [0.15, 0.2) is 60.8 Å². The molecule has 0 aliphatic heterocycles. The molecule has 0 fully saturated rings. The average Bonchev–Trinajstić information content (AvgIpc) is 3.22. The highest BCUT2D eigenvalue weighted by Gasteiger charge is 2.27. The Morgan fingerprint density at radius 1 is 0.525 bits per heavy atom. The molecule has 3 N–H and O–H groups in total. The fraction of sp³-hybridized carbons (Fsp3) is 0.750. The van der Waals surface area contributed by atoms with E-state index in [1.807, 2.05) is 0 Å². The molecule has 0 aliphatic rings. The Morgan fingerprint density at radius 2 is 0.932 bits per heavy atom. The standard InChI is InChI=1S/C48H85O10P/c1-3-5-7-9-11-13-15-17-19-20-21-22-23-24-26-27-29-31-33-35-37-39-47(51)55-43-46(44-57-59(53,54)56-42-45(50)41-49)58-48(52)40-38-36-34-32-30-28-25-18-16-14-12-10-8-6-4-2/h6,8,12,14,18,20-21,25,30,32,45-46,49-50H,3-5,7,9-11,13,15-17,19,22-24,26-29,31,33-44H2,1-2H3,(H,53,54)/b8-6-,14-12-,21-20-,25-18-,32-30-. The summed E-state index contributed by atoms with van der Waals surface area (Å²) >= 11 is 0. The van der Waals surface area contributed by atoms with Crippen LogP contribution in [0.1, 0.15) is 194 Å². The van der Waals surface area contributed by atoms with E-state index in [1.54, 1.807) is 0 Å². The van der Waals surface area contributed by atoms with Crippen LogP contribution in [0.25, 0.3) is 0 Å². The minimum Gasteiger partial charge on any atom is -0.462 e. The Balaban J connectivity index is 4.27. The van der Waals surface area contributed by atoms with Crippen LogP contribution >= 0.6 is 7.82 Å². The number of carbonyl (C=O) groups excluding carboxylic acids is 2. The highest BCUT2D eigenvalue weighted by molar-refractivity contribution is 7.47. The summed E-state index contributed by atoms with van der Waals surface area (Å²) in [7, 11) is -4.63. The van der Waals surface area contributed by atoms with Gasteiger partial charge in [-0.2, -0.15) is 0 Å². The van der Waals surface area contributed by atoms with Gasteiger partial charge in [0.15, 0.2) is 6.10 Å². The van der Waals surface area contributed by atoms with Gasteiger partial charge in [-0.3, -0.25) is 18.6 Å². The average molecular weight is 853 g/mol. The van der Waals surface area contributed by atoms with Gasteiger partial charge in [-0.15, -0.1) is 0 Å². The Morgan fingerprint density at radius 3 is 1.46 bits per heavy atom.